The first-order chi connectivity index (χ1) is 9.30. The molecule has 0 spiro atoms. The molecule has 0 aliphatic heterocycles. The van der Waals surface area contributed by atoms with Crippen LogP contribution < -0.4 is 10.6 Å². The van der Waals surface area contributed by atoms with Gasteiger partial charge in [-0.1, -0.05) is 0 Å². The van der Waals surface area contributed by atoms with Crippen LogP contribution in [-0.2, 0) is 16.0 Å². The van der Waals surface area contributed by atoms with Crippen molar-refractivity contribution in [2.45, 2.75) is 45.6 Å². The number of nitrogens with zero attached hydrogens (tertiary/aromatic N) is 1. The normalized spacial score (nSPS) is 11.0. The van der Waals surface area contributed by atoms with Crippen LogP contribution >= 0.6 is 11.3 Å². The fourth-order valence-electron chi connectivity index (χ4n) is 1.46. The lowest BCUT2D eigenvalue weighted by atomic mass is 10.1. The highest BCUT2D eigenvalue weighted by Crippen LogP contribution is 2.17. The molecule has 2 amide bonds. The molecule has 7 heteroatoms. The number of esters is 1. The zero-order valence-electron chi connectivity index (χ0n) is 12.3. The van der Waals surface area contributed by atoms with E-state index in [0.29, 0.717) is 24.4 Å². The van der Waals surface area contributed by atoms with Crippen LogP contribution in [0.2, 0.25) is 0 Å². The molecule has 0 aliphatic carbocycles. The Hall–Kier alpha value is -1.63. The lowest BCUT2D eigenvalue weighted by molar-refractivity contribution is -0.140. The van der Waals surface area contributed by atoms with E-state index in [1.807, 2.05) is 26.2 Å². The van der Waals surface area contributed by atoms with Gasteiger partial charge in [-0.2, -0.15) is 0 Å². The van der Waals surface area contributed by atoms with Gasteiger partial charge in [0.15, 0.2) is 5.13 Å². The molecule has 0 bridgehead atoms. The number of aromatic nitrogens is 1. The molecule has 0 fully saturated rings. The highest BCUT2D eigenvalue weighted by atomic mass is 32.1. The van der Waals surface area contributed by atoms with Gasteiger partial charge in [-0.05, 0) is 33.6 Å². The lowest BCUT2D eigenvalue weighted by Gasteiger charge is -2.20. The zero-order valence-corrected chi connectivity index (χ0v) is 13.1. The number of aryl methyl sites for hydroxylation is 1. The first-order valence-corrected chi connectivity index (χ1v) is 7.28. The fourth-order valence-corrected chi connectivity index (χ4v) is 2.20. The minimum atomic E-state index is -0.287. The molecule has 0 aliphatic rings. The second-order valence-corrected chi connectivity index (χ2v) is 6.26. The molecule has 0 aromatic carbocycles. The van der Waals surface area contributed by atoms with E-state index >= 15 is 0 Å². The Morgan fingerprint density at radius 1 is 1.40 bits per heavy atom. The van der Waals surface area contributed by atoms with E-state index in [2.05, 4.69) is 20.4 Å². The van der Waals surface area contributed by atoms with Crippen LogP contribution in [0.3, 0.4) is 0 Å². The highest BCUT2D eigenvalue weighted by molar-refractivity contribution is 7.13. The average molecular weight is 299 g/mol. The third kappa shape index (κ3) is 6.51. The maximum absolute atomic E-state index is 11.7. The maximum atomic E-state index is 11.7. The number of nitrogens with one attached hydrogen (secondary N) is 2. The Kier molecular flexibility index (Phi) is 5.94. The van der Waals surface area contributed by atoms with Crippen LogP contribution in [0.4, 0.5) is 9.93 Å². The smallest absolute Gasteiger partial charge is 0.321 e. The second-order valence-electron chi connectivity index (χ2n) is 5.40. The monoisotopic (exact) mass is 299 g/mol. The molecule has 112 valence electrons. The van der Waals surface area contributed by atoms with Crippen LogP contribution in [0.5, 0.6) is 0 Å². The molecule has 1 rings (SSSR count). The number of ether oxygens (including phenoxy) is 1. The maximum Gasteiger partial charge on any atom is 0.321 e. The molecule has 1 aromatic rings. The van der Waals surface area contributed by atoms with E-state index < -0.39 is 0 Å². The number of thiazole rings is 1. The van der Waals surface area contributed by atoms with Crippen LogP contribution in [-0.4, -0.2) is 29.6 Å². The number of urea groups is 1. The van der Waals surface area contributed by atoms with E-state index in [0.717, 1.165) is 5.69 Å². The quantitative estimate of drug-likeness (QED) is 0.819. The van der Waals surface area contributed by atoms with Gasteiger partial charge in [0.1, 0.15) is 0 Å². The van der Waals surface area contributed by atoms with Crippen molar-refractivity contribution in [2.75, 3.05) is 12.4 Å². The van der Waals surface area contributed by atoms with Crippen molar-refractivity contribution in [3.05, 3.63) is 11.1 Å². The van der Waals surface area contributed by atoms with Gasteiger partial charge in [-0.25, -0.2) is 9.78 Å². The van der Waals surface area contributed by atoms with Crippen molar-refractivity contribution in [1.29, 1.82) is 0 Å². The van der Waals surface area contributed by atoms with Gasteiger partial charge in [-0.15, -0.1) is 11.3 Å². The summed E-state index contributed by atoms with van der Waals surface area (Å²) in [4.78, 5) is 26.9. The number of carbonyl (C=O) groups excluding carboxylic acids is 2. The summed E-state index contributed by atoms with van der Waals surface area (Å²) >= 11 is 1.37. The van der Waals surface area contributed by atoms with Crippen molar-refractivity contribution < 1.29 is 14.3 Å². The van der Waals surface area contributed by atoms with Crippen LogP contribution in [0.25, 0.3) is 0 Å². The van der Waals surface area contributed by atoms with Crippen molar-refractivity contribution in [1.82, 2.24) is 10.3 Å². The van der Waals surface area contributed by atoms with Crippen molar-refractivity contribution >= 4 is 28.5 Å². The molecule has 2 N–H and O–H groups in total. The number of rotatable bonds is 5. The molecular formula is C13H21N3O3S. The predicted molar refractivity (Wildman–Crippen MR) is 79.0 cm³/mol. The van der Waals surface area contributed by atoms with Gasteiger partial charge in [0.25, 0.3) is 0 Å². The van der Waals surface area contributed by atoms with Gasteiger partial charge in [0.2, 0.25) is 0 Å². The third-order valence-corrected chi connectivity index (χ3v) is 3.11. The molecule has 20 heavy (non-hydrogen) atoms. The summed E-state index contributed by atoms with van der Waals surface area (Å²) in [5.41, 5.74) is 0.579. The summed E-state index contributed by atoms with van der Waals surface area (Å²) in [5.74, 6) is -0.219. The van der Waals surface area contributed by atoms with E-state index in [1.165, 1.54) is 18.4 Å². The molecule has 0 radical (unpaired) electrons. The zero-order chi connectivity index (χ0) is 15.2. The van der Waals surface area contributed by atoms with Gasteiger partial charge < -0.3 is 10.1 Å². The van der Waals surface area contributed by atoms with Crippen LogP contribution in [0.15, 0.2) is 5.38 Å². The Labute approximate surface area is 122 Å². The van der Waals surface area contributed by atoms with Gasteiger partial charge in [0, 0.05) is 17.3 Å². The second kappa shape index (κ2) is 7.23. The Balaban J connectivity index is 2.39. The fraction of sp³-hybridized carbons (Fsp3) is 0.615. The molecule has 0 saturated carbocycles. The number of carbonyl (C=O) groups is 2. The lowest BCUT2D eigenvalue weighted by Crippen LogP contribution is -2.43. The SMILES string of the molecule is COC(=O)CCCc1csc(NC(=O)NC(C)(C)C)n1. The summed E-state index contributed by atoms with van der Waals surface area (Å²) in [6.45, 7) is 5.73. The van der Waals surface area contributed by atoms with Gasteiger partial charge in [0.05, 0.1) is 12.8 Å². The topological polar surface area (TPSA) is 80.3 Å². The standard InChI is InChI=1S/C13H21N3O3S/c1-13(2,3)16-11(18)15-12-14-9(8-20-12)6-5-7-10(17)19-4/h8H,5-7H2,1-4H3,(H2,14,15,16,18). The average Bonchev–Trinajstić information content (AvgIpc) is 2.73. The molecule has 0 saturated heterocycles. The van der Waals surface area contributed by atoms with E-state index in [1.54, 1.807) is 0 Å². The van der Waals surface area contributed by atoms with Crippen LogP contribution in [0.1, 0.15) is 39.3 Å². The number of methoxy groups -OCH3 is 1. The van der Waals surface area contributed by atoms with Crippen LogP contribution in [0, 0.1) is 0 Å². The van der Waals surface area contributed by atoms with Gasteiger partial charge >= 0.3 is 12.0 Å². The molecule has 0 unspecified atom stereocenters. The van der Waals surface area contributed by atoms with Gasteiger partial charge in [-0.3, -0.25) is 10.1 Å². The van der Waals surface area contributed by atoms with E-state index in [-0.39, 0.29) is 17.5 Å². The summed E-state index contributed by atoms with van der Waals surface area (Å²) in [6.07, 6.45) is 1.75. The summed E-state index contributed by atoms with van der Waals surface area (Å²) in [6, 6.07) is -0.270. The number of hydrogen-bond acceptors (Lipinski definition) is 5. The number of anilines is 1. The van der Waals surface area contributed by atoms with Crippen molar-refractivity contribution in [3.8, 4) is 0 Å². The van der Waals surface area contributed by atoms with E-state index in [9.17, 15) is 9.59 Å². The molecular weight excluding hydrogens is 278 g/mol. The molecule has 6 nitrogen and oxygen atoms in total. The number of amides is 2. The number of hydrogen-bond donors (Lipinski definition) is 2. The minimum Gasteiger partial charge on any atom is -0.469 e. The minimum absolute atomic E-state index is 0.219. The third-order valence-electron chi connectivity index (χ3n) is 2.30. The summed E-state index contributed by atoms with van der Waals surface area (Å²) < 4.78 is 4.57. The Bertz CT molecular complexity index is 466. The summed E-state index contributed by atoms with van der Waals surface area (Å²) in [7, 11) is 1.38. The molecule has 0 atom stereocenters. The van der Waals surface area contributed by atoms with E-state index in [4.69, 9.17) is 0 Å². The van der Waals surface area contributed by atoms with Crippen molar-refractivity contribution in [2.24, 2.45) is 0 Å². The molecule has 1 aromatic heterocycles. The Morgan fingerprint density at radius 2 is 2.10 bits per heavy atom. The predicted octanol–water partition coefficient (Wildman–Crippen LogP) is 2.56. The van der Waals surface area contributed by atoms with Crippen molar-refractivity contribution in [3.63, 3.8) is 0 Å². The highest BCUT2D eigenvalue weighted by Gasteiger charge is 2.14. The largest absolute Gasteiger partial charge is 0.469 e. The molecule has 1 heterocycles. The summed E-state index contributed by atoms with van der Waals surface area (Å²) in [5, 5.41) is 7.93. The Morgan fingerprint density at radius 3 is 2.70 bits per heavy atom. The first kappa shape index (κ1) is 16.4. The first-order valence-electron chi connectivity index (χ1n) is 6.40.